The second kappa shape index (κ2) is 48.7. The van der Waals surface area contributed by atoms with Crippen LogP contribution in [0.2, 0.25) is 20.2 Å². The number of hydrogen-bond acceptors (Lipinski definition) is 21. The average molecular weight is 1830 g/mol. The summed E-state index contributed by atoms with van der Waals surface area (Å²) in [7, 11) is 2.40. The monoisotopic (exact) mass is 1820 g/mol. The molecule has 10 heterocycles. The third-order valence-electron chi connectivity index (χ3n) is 20.5. The summed E-state index contributed by atoms with van der Waals surface area (Å²) in [6.07, 6.45) is 12.8. The summed E-state index contributed by atoms with van der Waals surface area (Å²) < 4.78 is 18.7. The molecule has 2 atom stereocenters. The fourth-order valence-electron chi connectivity index (χ4n) is 14.7. The minimum Gasteiger partial charge on any atom is -0.423 e. The van der Waals surface area contributed by atoms with E-state index in [2.05, 4.69) is 147 Å². The third-order valence-corrected chi connectivity index (χ3v) is 22.7. The van der Waals surface area contributed by atoms with Gasteiger partial charge in [-0.05, 0) is 186 Å². The molecule has 7 aromatic heterocycles. The van der Waals surface area contributed by atoms with Crippen molar-refractivity contribution in [2.45, 2.75) is 235 Å². The van der Waals surface area contributed by atoms with Gasteiger partial charge < -0.3 is 61.2 Å². The summed E-state index contributed by atoms with van der Waals surface area (Å²) in [6.45, 7) is 33.4. The lowest BCUT2D eigenvalue weighted by Crippen LogP contribution is -2.43. The summed E-state index contributed by atoms with van der Waals surface area (Å²) in [5, 5.41) is 36.4. The van der Waals surface area contributed by atoms with Crippen LogP contribution in [0, 0.1) is 48.5 Å². The first-order valence-electron chi connectivity index (χ1n) is 38.3. The van der Waals surface area contributed by atoms with E-state index in [1.165, 1.54) is 24.6 Å². The van der Waals surface area contributed by atoms with E-state index in [0.717, 1.165) is 167 Å². The Labute approximate surface area is 730 Å². The van der Waals surface area contributed by atoms with Gasteiger partial charge in [-0.2, -0.15) is 4.99 Å². The SMILES string of the molecule is C.C.C.C.C.CCC(CC)N1CCNc2c1cc(C)nc2Cl.CCC(CC)N1CCn2c(=O)n(-c3ccc(-c4c(C)noc4C)cc3Cl)c3nc(C)cc1c32.CCC(CC)N1CCn2c(=O)n(-c3ccc(Br)cc3Cl)c3nc(C)cc1c32.CNCCNC.Cc1noc(C)c1B(O)O.N[C@@H]1CCCC[C@H]1N.O=C=Nc1ccc(Br)cc1Cl. The molecule has 3 aliphatic heterocycles. The molecule has 1 aliphatic carbocycles. The number of benzene rings is 3. The number of carbonyl (C=O) groups excluding carboxylic acids is 1. The Bertz CT molecular complexity index is 4940. The number of imidazole rings is 2. The van der Waals surface area contributed by atoms with E-state index in [1.54, 1.807) is 47.2 Å². The summed E-state index contributed by atoms with van der Waals surface area (Å²) in [5.41, 5.74) is 26.6. The Balaban J connectivity index is 0.000000378. The molecule has 4 aliphatic rings. The van der Waals surface area contributed by atoms with Gasteiger partial charge in [0.25, 0.3) is 0 Å². The van der Waals surface area contributed by atoms with Gasteiger partial charge in [-0.1, -0.05) is 186 Å². The molecule has 9 N–H and O–H groups in total. The van der Waals surface area contributed by atoms with Crippen LogP contribution in [-0.2, 0) is 17.9 Å². The molecule has 0 radical (unpaired) electrons. The number of anilines is 4. The minimum atomic E-state index is -1.48. The van der Waals surface area contributed by atoms with Crippen molar-refractivity contribution in [3.05, 3.63) is 163 Å². The van der Waals surface area contributed by atoms with Gasteiger partial charge in [0.15, 0.2) is 16.4 Å². The fraction of sp³-hybridized carbons (Fsp3) is 0.506. The van der Waals surface area contributed by atoms with Crippen molar-refractivity contribution in [1.82, 2.24) is 54.2 Å². The number of halogens is 6. The molecule has 0 spiro atoms. The van der Waals surface area contributed by atoms with Crippen LogP contribution in [0.25, 0.3) is 44.8 Å². The fourth-order valence-corrected chi connectivity index (χ4v) is 16.8. The van der Waals surface area contributed by atoms with Crippen molar-refractivity contribution in [2.75, 3.05) is 73.4 Å². The van der Waals surface area contributed by atoms with E-state index in [1.807, 2.05) is 88.2 Å². The molecule has 25 nitrogen and oxygen atoms in total. The Morgan fingerprint density at radius 1 is 0.564 bits per heavy atom. The number of isocyanates is 1. The number of aryl methyl sites for hydroxylation is 7. The number of rotatable bonds is 17. The summed E-state index contributed by atoms with van der Waals surface area (Å²) in [5.74, 6) is 1.19. The number of aliphatic imine (C=N–C) groups is 1. The average Bonchev–Trinajstić information content (AvgIpc) is 1.58. The highest BCUT2D eigenvalue weighted by Gasteiger charge is 2.33. The summed E-state index contributed by atoms with van der Waals surface area (Å²) in [6, 6.07) is 24.7. The topological polar surface area (TPSA) is 312 Å². The van der Waals surface area contributed by atoms with Crippen LogP contribution >= 0.6 is 78.3 Å². The molecule has 117 heavy (non-hydrogen) atoms. The van der Waals surface area contributed by atoms with Gasteiger partial charge >= 0.3 is 18.5 Å². The molecule has 0 amide bonds. The lowest BCUT2D eigenvalue weighted by molar-refractivity contribution is 0.385. The molecular weight excluding hydrogens is 1700 g/mol. The maximum Gasteiger partial charge on any atom is 0.494 e. The molecule has 644 valence electrons. The Morgan fingerprint density at radius 3 is 1.37 bits per heavy atom. The van der Waals surface area contributed by atoms with Gasteiger partial charge in [-0.3, -0.25) is 9.13 Å². The zero-order chi connectivity index (χ0) is 81.9. The first-order chi connectivity index (χ1) is 53.6. The van der Waals surface area contributed by atoms with Crippen LogP contribution in [-0.4, -0.2) is 150 Å². The van der Waals surface area contributed by atoms with E-state index < -0.39 is 7.12 Å². The molecule has 1 saturated carbocycles. The van der Waals surface area contributed by atoms with Crippen LogP contribution in [0.15, 0.2) is 105 Å². The van der Waals surface area contributed by atoms with E-state index in [9.17, 15) is 14.4 Å². The predicted octanol–water partition coefficient (Wildman–Crippen LogP) is 18.7. The number of likely N-dealkylation sites (N-methyl/N-ethyl adjacent to an activating group) is 2. The Morgan fingerprint density at radius 2 is 0.983 bits per heavy atom. The lowest BCUT2D eigenvalue weighted by Gasteiger charge is -2.38. The normalized spacial score (nSPS) is 14.0. The standard InChI is InChI=1S/C25H28ClN5O2.C20H22BrClN4O.C13H20ClN3.C7H3BrClNO.C6H14N2.C5H8BNO3.C4H12N2.5CH4/c1-6-18(7-2)29-10-11-30-23-21(29)12-14(3)27-24(23)31(25(30)32)20-9-8-17(13-19(20)26)22-15(4)28-33-16(22)5;1-4-14(5-2)24-8-9-25-18-17(24)10-12(3)23-19(18)26(20(25)27)16-7-6-13(21)11-15(16)22;1-4-10(5-2)17-7-6-15-12-11(17)8-9(3)16-13(12)14;8-5-1-2-7(10-4-11)6(9)3-5;7-5-3-1-2-4-6(5)8;1-3-5(6(8)9)4(2)10-7-3;1-5-3-4-6-2;;;;;/h8-9,12-13,18H,6-7,10-11H2,1-5H3;6-7,10-11,14H,4-5,8-9H2,1-3H3;8,10,15H,4-7H2,1-3H3;1-3H;5-6H,1-4,7-8H2;8-9H,1-2H3;5-6H,3-4H2,1-2H3;5*1H4/t;;;;5-,6-;;;;;;;/m....1......./s1. The van der Waals surface area contributed by atoms with Gasteiger partial charge in [0.2, 0.25) is 6.08 Å². The summed E-state index contributed by atoms with van der Waals surface area (Å²) in [4.78, 5) is 61.3. The molecule has 0 unspecified atom stereocenters. The van der Waals surface area contributed by atoms with E-state index >= 15 is 0 Å². The van der Waals surface area contributed by atoms with Gasteiger partial charge in [-0.25, -0.2) is 38.5 Å². The zero-order valence-corrected chi connectivity index (χ0v) is 73.0. The van der Waals surface area contributed by atoms with Crippen molar-refractivity contribution in [1.29, 1.82) is 0 Å². The summed E-state index contributed by atoms with van der Waals surface area (Å²) >= 11 is 31.8. The number of fused-ring (bicyclic) bond motifs is 1. The molecule has 0 saturated heterocycles. The van der Waals surface area contributed by atoms with E-state index in [4.69, 9.17) is 82.4 Å². The van der Waals surface area contributed by atoms with Gasteiger partial charge in [0.1, 0.15) is 22.6 Å². The predicted molar refractivity (Wildman–Crippen MR) is 499 cm³/mol. The molecule has 1 fully saturated rings. The second-order valence-electron chi connectivity index (χ2n) is 28.0. The molecular formula is C85H127BBr2Cl4N18O7. The van der Waals surface area contributed by atoms with Crippen LogP contribution < -0.4 is 59.0 Å². The smallest absolute Gasteiger partial charge is 0.423 e. The zero-order valence-electron chi connectivity index (χ0n) is 66.8. The highest BCUT2D eigenvalue weighted by atomic mass is 79.9. The number of nitrogens with zero attached hydrogens (tertiary/aromatic N) is 13. The van der Waals surface area contributed by atoms with Crippen LogP contribution in [0.4, 0.5) is 28.4 Å². The molecule has 32 heteroatoms. The molecule has 0 bridgehead atoms. The van der Waals surface area contributed by atoms with Crippen molar-refractivity contribution in [3.8, 4) is 22.5 Å². The molecule has 10 aromatic rings. The number of hydrogen-bond donors (Lipinski definition) is 7. The highest BCUT2D eigenvalue weighted by molar-refractivity contribution is 9.10. The molecule has 14 rings (SSSR count). The van der Waals surface area contributed by atoms with Gasteiger partial charge in [-0.15, -0.1) is 0 Å². The van der Waals surface area contributed by atoms with Gasteiger partial charge in [0.05, 0.1) is 66.3 Å². The van der Waals surface area contributed by atoms with E-state index in [-0.39, 0.29) is 60.6 Å². The van der Waals surface area contributed by atoms with Gasteiger partial charge in [0, 0.05) is 120 Å². The third kappa shape index (κ3) is 24.9. The van der Waals surface area contributed by atoms with Crippen LogP contribution in [0.3, 0.4) is 0 Å². The van der Waals surface area contributed by atoms with Crippen molar-refractivity contribution >= 4 is 148 Å². The van der Waals surface area contributed by atoms with Crippen LogP contribution in [0.5, 0.6) is 0 Å². The van der Waals surface area contributed by atoms with Crippen molar-refractivity contribution in [2.24, 2.45) is 16.5 Å². The number of nitrogens with one attached hydrogen (secondary N) is 3. The quantitative estimate of drug-likeness (QED) is 0.0146. The largest absolute Gasteiger partial charge is 0.494 e. The maximum atomic E-state index is 13.6. The first-order valence-corrected chi connectivity index (χ1v) is 41.4. The first kappa shape index (κ1) is 104. The Kier molecular flexibility index (Phi) is 43.2. The Hall–Kier alpha value is -7.41. The van der Waals surface area contributed by atoms with Crippen molar-refractivity contribution < 1.29 is 23.9 Å². The highest BCUT2D eigenvalue weighted by Crippen LogP contribution is 2.40. The number of aromatic nitrogens is 9. The number of pyridine rings is 3. The van der Waals surface area contributed by atoms with E-state index in [0.29, 0.717) is 96.7 Å². The number of nitrogens with two attached hydrogens (primary N) is 2. The maximum absolute atomic E-state index is 13.6. The molecule has 3 aromatic carbocycles. The second-order valence-corrected chi connectivity index (χ2v) is 31.4. The van der Waals surface area contributed by atoms with Crippen LogP contribution in [0.1, 0.15) is 183 Å². The minimum absolute atomic E-state index is 0. The van der Waals surface area contributed by atoms with Crippen molar-refractivity contribution in [3.63, 3.8) is 0 Å². The lowest BCUT2D eigenvalue weighted by atomic mass is 9.79.